The number of hydrogen-bond acceptors (Lipinski definition) is 13. The Hall–Kier alpha value is -5.55. The molecule has 6 heterocycles. The topological polar surface area (TPSA) is 157 Å². The number of anilines is 2. The molecule has 2 unspecified atom stereocenters. The van der Waals surface area contributed by atoms with Crippen molar-refractivity contribution in [1.29, 1.82) is 0 Å². The quantitative estimate of drug-likeness (QED) is 0.144. The molecule has 0 spiro atoms. The maximum atomic E-state index is 12.8. The summed E-state index contributed by atoms with van der Waals surface area (Å²) in [5, 5.41) is 4.00. The fraction of sp³-hybridized carbons (Fsp3) is 0.707. The molecule has 0 bridgehead atoms. The van der Waals surface area contributed by atoms with Gasteiger partial charge in [-0.1, -0.05) is 29.3 Å². The Labute approximate surface area is 519 Å². The van der Waals surface area contributed by atoms with Crippen molar-refractivity contribution in [1.82, 2.24) is 29.8 Å². The van der Waals surface area contributed by atoms with Crippen LogP contribution in [0.5, 0.6) is 0 Å². The number of ether oxygens (including phenoxy) is 4. The second kappa shape index (κ2) is 30.3. The van der Waals surface area contributed by atoms with Crippen LogP contribution in [-0.2, 0) is 25.5 Å². The molecule has 4 amide bonds. The molecule has 17 nitrogen and oxygen atoms in total. The zero-order chi connectivity index (χ0) is 66.0. The first-order chi connectivity index (χ1) is 41.3. The minimum atomic E-state index is -5.76. The number of halogens is 14. The van der Waals surface area contributed by atoms with Crippen molar-refractivity contribution in [3.63, 3.8) is 0 Å². The number of likely N-dealkylation sites (tertiary alicyclic amines) is 2. The van der Waals surface area contributed by atoms with Crippen LogP contribution in [0.4, 0.5) is 83.2 Å². The first-order valence-corrected chi connectivity index (χ1v) is 30.2. The molecule has 502 valence electrons. The average Bonchev–Trinajstić information content (AvgIpc) is 2.02. The summed E-state index contributed by atoms with van der Waals surface area (Å²) in [5.74, 6) is 0.807. The van der Waals surface area contributed by atoms with Crippen LogP contribution in [0, 0.1) is 11.8 Å². The number of carbonyl (C=O) groups is 5. The Morgan fingerprint density at radius 3 is 1.29 bits per heavy atom. The number of rotatable bonds is 9. The van der Waals surface area contributed by atoms with Crippen molar-refractivity contribution in [3.8, 4) is 0 Å². The average molecular weight is 1330 g/mol. The lowest BCUT2D eigenvalue weighted by atomic mass is 9.87. The molecule has 6 aliphatic rings. The van der Waals surface area contributed by atoms with Crippen molar-refractivity contribution >= 4 is 65.2 Å². The van der Waals surface area contributed by atoms with E-state index in [4.69, 9.17) is 32.7 Å². The fourth-order valence-corrected chi connectivity index (χ4v) is 12.1. The lowest BCUT2D eigenvalue weighted by Gasteiger charge is -2.40. The highest BCUT2D eigenvalue weighted by Crippen LogP contribution is 2.40. The van der Waals surface area contributed by atoms with Crippen LogP contribution in [0.3, 0.4) is 0 Å². The van der Waals surface area contributed by atoms with Gasteiger partial charge in [0.1, 0.15) is 11.2 Å². The van der Waals surface area contributed by atoms with Gasteiger partial charge in [-0.05, 0) is 141 Å². The Morgan fingerprint density at radius 2 is 0.899 bits per heavy atom. The Morgan fingerprint density at radius 1 is 0.517 bits per heavy atom. The molecule has 0 aromatic heterocycles. The van der Waals surface area contributed by atoms with E-state index in [1.165, 1.54) is 0 Å². The van der Waals surface area contributed by atoms with Crippen molar-refractivity contribution in [3.05, 3.63) is 57.6 Å². The molecule has 2 aromatic rings. The molecular formula is C58H78Cl2F12N8O9. The third kappa shape index (κ3) is 21.3. The molecule has 2 aromatic carbocycles. The highest BCUT2D eigenvalue weighted by atomic mass is 35.5. The maximum absolute atomic E-state index is 12.8. The minimum Gasteiger partial charge on any atom is -0.444 e. The lowest BCUT2D eigenvalue weighted by molar-refractivity contribution is -0.309. The number of nitrogens with zero attached hydrogens (tertiary/aromatic N) is 7. The van der Waals surface area contributed by atoms with Gasteiger partial charge in [0, 0.05) is 137 Å². The van der Waals surface area contributed by atoms with Gasteiger partial charge in [-0.3, -0.25) is 9.69 Å². The van der Waals surface area contributed by atoms with Crippen LogP contribution < -0.4 is 15.1 Å². The summed E-state index contributed by atoms with van der Waals surface area (Å²) >= 11 is 12.5. The van der Waals surface area contributed by atoms with E-state index in [2.05, 4.69) is 24.6 Å². The number of alkyl halides is 12. The van der Waals surface area contributed by atoms with Gasteiger partial charge in [-0.25, -0.2) is 19.2 Å². The molecule has 0 saturated carbocycles. The lowest BCUT2D eigenvalue weighted by Crippen LogP contribution is -2.52. The zero-order valence-electron chi connectivity index (χ0n) is 50.4. The van der Waals surface area contributed by atoms with Crippen LogP contribution in [0.2, 0.25) is 10.0 Å². The summed E-state index contributed by atoms with van der Waals surface area (Å²) in [4.78, 5) is 72.0. The second-order valence-corrected chi connectivity index (χ2v) is 25.6. The number of piperidine rings is 2. The molecule has 6 fully saturated rings. The molecule has 0 radical (unpaired) electrons. The van der Waals surface area contributed by atoms with Gasteiger partial charge >= 0.3 is 49.1 Å². The molecule has 8 rings (SSSR count). The molecule has 89 heavy (non-hydrogen) atoms. The largest absolute Gasteiger partial charge is 0.444 e. The van der Waals surface area contributed by atoms with E-state index in [0.717, 1.165) is 117 Å². The summed E-state index contributed by atoms with van der Waals surface area (Å²) in [7, 11) is 0. The molecule has 6 saturated heterocycles. The van der Waals surface area contributed by atoms with E-state index in [1.54, 1.807) is 18.2 Å². The highest BCUT2D eigenvalue weighted by Gasteiger charge is 2.61. The van der Waals surface area contributed by atoms with Crippen molar-refractivity contribution in [2.24, 2.45) is 11.8 Å². The van der Waals surface area contributed by atoms with Crippen LogP contribution in [0.15, 0.2) is 36.4 Å². The molecule has 31 heteroatoms. The number of aldehydes is 1. The number of hydrogen-bond donors (Lipinski definition) is 1. The molecule has 0 aliphatic carbocycles. The van der Waals surface area contributed by atoms with Gasteiger partial charge < -0.3 is 53.7 Å². The number of benzene rings is 2. The molecule has 2 atom stereocenters. The van der Waals surface area contributed by atoms with E-state index in [9.17, 15) is 76.7 Å². The molecular weight excluding hydrogens is 1250 g/mol. The van der Waals surface area contributed by atoms with Gasteiger partial charge in [0.05, 0.1) is 0 Å². The van der Waals surface area contributed by atoms with Crippen molar-refractivity contribution in [2.45, 2.75) is 160 Å². The SMILES string of the molecule is CC(C)(C)OC(=O)N1CCCC1C1CCN(c2cc(Cl)ccc2C=O)CC1.CC(C)(C)OC(=O)N1CCCC1C1CCN(c2cc(Cl)ccc2CN2CCN(C(=O)OC(C(F)(F)F)C(F)(F)F)CC2)CC1.O=C(OC(C(F)(F)F)C(F)(F)F)N1CCNCC1. The van der Waals surface area contributed by atoms with Gasteiger partial charge in [0.25, 0.3) is 12.2 Å². The summed E-state index contributed by atoms with van der Waals surface area (Å²) < 4.78 is 168. The number of piperazine rings is 2. The van der Waals surface area contributed by atoms with Crippen LogP contribution in [0.1, 0.15) is 109 Å². The second-order valence-electron chi connectivity index (χ2n) is 24.7. The van der Waals surface area contributed by atoms with Gasteiger partial charge in [0.15, 0.2) is 6.29 Å². The van der Waals surface area contributed by atoms with E-state index >= 15 is 0 Å². The zero-order valence-corrected chi connectivity index (χ0v) is 51.9. The predicted molar refractivity (Wildman–Crippen MR) is 306 cm³/mol. The smallest absolute Gasteiger partial charge is 0.434 e. The van der Waals surface area contributed by atoms with E-state index in [-0.39, 0.29) is 76.6 Å². The first kappa shape index (κ1) is 72.5. The summed E-state index contributed by atoms with van der Waals surface area (Å²) in [6, 6.07) is 11.4. The van der Waals surface area contributed by atoms with Crippen LogP contribution in [-0.4, -0.2) is 207 Å². The summed E-state index contributed by atoms with van der Waals surface area (Å²) in [6.45, 7) is 17.4. The maximum Gasteiger partial charge on any atom is 0.434 e. The number of carbonyl (C=O) groups excluding carboxylic acids is 5. The van der Waals surface area contributed by atoms with E-state index in [1.807, 2.05) is 74.4 Å². The summed E-state index contributed by atoms with van der Waals surface area (Å²) in [6.07, 6.45) is -26.3. The third-order valence-corrected chi connectivity index (χ3v) is 16.4. The van der Waals surface area contributed by atoms with Gasteiger partial charge in [-0.2, -0.15) is 52.7 Å². The Kier molecular flexibility index (Phi) is 24.7. The Balaban J connectivity index is 0.000000237. The summed E-state index contributed by atoms with van der Waals surface area (Å²) in [5.41, 5.74) is 2.47. The van der Waals surface area contributed by atoms with Crippen LogP contribution >= 0.6 is 23.2 Å². The van der Waals surface area contributed by atoms with E-state index in [0.29, 0.717) is 40.5 Å². The minimum absolute atomic E-state index is 0.00126. The monoisotopic (exact) mass is 1330 g/mol. The normalized spacial score (nSPS) is 20.7. The third-order valence-electron chi connectivity index (χ3n) is 15.9. The van der Waals surface area contributed by atoms with Crippen LogP contribution in [0.25, 0.3) is 0 Å². The molecule has 1 N–H and O–H groups in total. The Bertz CT molecular complexity index is 2660. The predicted octanol–water partition coefficient (Wildman–Crippen LogP) is 13.0. The number of nitrogens with one attached hydrogen (secondary N) is 1. The number of amides is 4. The first-order valence-electron chi connectivity index (χ1n) is 29.5. The standard InChI is InChI=1S/C29H39ClF6N4O4.C21H29ClN2O3.C8H10F6N2O2/c1-27(2,3)44-26(42)40-10-4-5-22(40)19-8-11-38(12-9-19)23-17-21(30)7-6-20(23)18-37-13-15-39(16-14-37)25(41)43-24(28(31,32)33)29(34,35)36;1-21(2,3)27-20(26)24-10-4-5-18(24)15-8-11-23(12-9-15)19-13-17(22)7-6-16(19)14-25;9-7(10,11)5(8(12,13)14)18-6(17)16-3-1-15-2-4-16/h6-7,17,19,22,24H,4-5,8-16,18H2,1-3H3;6-7,13-15,18H,4-5,8-12H2,1-3H3;5,15H,1-4H2. The van der Waals surface area contributed by atoms with Crippen molar-refractivity contribution < 1.29 is 95.6 Å². The van der Waals surface area contributed by atoms with Crippen molar-refractivity contribution in [2.75, 3.05) is 101 Å². The van der Waals surface area contributed by atoms with Gasteiger partial charge in [-0.15, -0.1) is 0 Å². The fourth-order valence-electron chi connectivity index (χ4n) is 11.7. The van der Waals surface area contributed by atoms with E-state index < -0.39 is 60.3 Å². The van der Waals surface area contributed by atoms with Gasteiger partial charge in [0.2, 0.25) is 0 Å². The highest BCUT2D eigenvalue weighted by molar-refractivity contribution is 6.31. The molecule has 6 aliphatic heterocycles.